The predicted octanol–water partition coefficient (Wildman–Crippen LogP) is 5.48. The number of hydrogen-bond donors (Lipinski definition) is 0. The van der Waals surface area contributed by atoms with Crippen LogP contribution in [0.4, 0.5) is 0 Å². The molecule has 0 unspecified atom stereocenters. The van der Waals surface area contributed by atoms with Gasteiger partial charge in [0, 0.05) is 43.3 Å². The molecule has 0 bridgehead atoms. The van der Waals surface area contributed by atoms with Gasteiger partial charge < -0.3 is 9.64 Å². The Bertz CT molecular complexity index is 976. The quantitative estimate of drug-likeness (QED) is 0.547. The average Bonchev–Trinajstić information content (AvgIpc) is 3.00. The molecule has 1 heterocycles. The highest BCUT2D eigenvalue weighted by Gasteiger charge is 2.20. The van der Waals surface area contributed by atoms with Crippen LogP contribution in [0.3, 0.4) is 0 Å². The number of amides is 1. The highest BCUT2D eigenvalue weighted by Crippen LogP contribution is 2.23. The molecule has 5 heteroatoms. The number of ether oxygens (including phenoxy) is 1. The van der Waals surface area contributed by atoms with Gasteiger partial charge in [0.1, 0.15) is 11.5 Å². The summed E-state index contributed by atoms with van der Waals surface area (Å²) < 4.78 is 5.96. The Balaban J connectivity index is 1.35. The molecule has 0 atom stereocenters. The molecule has 0 aliphatic carbocycles. The monoisotopic (exact) mass is 420 g/mol. The first-order valence-corrected chi connectivity index (χ1v) is 10.6. The van der Waals surface area contributed by atoms with E-state index in [0.717, 1.165) is 50.6 Å². The lowest BCUT2D eigenvalue weighted by Gasteiger charge is -2.22. The van der Waals surface area contributed by atoms with E-state index in [1.807, 2.05) is 47.4 Å². The van der Waals surface area contributed by atoms with E-state index >= 15 is 0 Å². The van der Waals surface area contributed by atoms with E-state index in [9.17, 15) is 4.79 Å². The molecule has 30 heavy (non-hydrogen) atoms. The summed E-state index contributed by atoms with van der Waals surface area (Å²) in [6.07, 6.45) is 0.958. The molecule has 4 rings (SSSR count). The normalized spacial score (nSPS) is 14.9. The van der Waals surface area contributed by atoms with Gasteiger partial charge in [0.15, 0.2) is 0 Å². The van der Waals surface area contributed by atoms with Crippen LogP contribution in [0.25, 0.3) is 0 Å². The third-order valence-electron chi connectivity index (χ3n) is 5.25. The molecule has 0 spiro atoms. The van der Waals surface area contributed by atoms with Gasteiger partial charge in [-0.15, -0.1) is 0 Å². The van der Waals surface area contributed by atoms with Crippen LogP contribution in [0.2, 0.25) is 5.02 Å². The van der Waals surface area contributed by atoms with Crippen molar-refractivity contribution in [3.63, 3.8) is 0 Å². The van der Waals surface area contributed by atoms with Crippen molar-refractivity contribution in [3.8, 4) is 11.5 Å². The van der Waals surface area contributed by atoms with Crippen molar-refractivity contribution < 1.29 is 9.53 Å². The summed E-state index contributed by atoms with van der Waals surface area (Å²) >= 11 is 5.94. The Morgan fingerprint density at radius 2 is 1.60 bits per heavy atom. The van der Waals surface area contributed by atoms with Gasteiger partial charge in [-0.05, 0) is 60.5 Å². The van der Waals surface area contributed by atoms with Crippen LogP contribution in [-0.2, 0) is 6.54 Å². The van der Waals surface area contributed by atoms with Crippen LogP contribution in [0, 0.1) is 0 Å². The maximum absolute atomic E-state index is 12.8. The minimum absolute atomic E-state index is 0.0757. The van der Waals surface area contributed by atoms with Crippen LogP contribution in [0.1, 0.15) is 22.3 Å². The first kappa shape index (κ1) is 20.5. The average molecular weight is 421 g/mol. The van der Waals surface area contributed by atoms with Crippen molar-refractivity contribution >= 4 is 17.5 Å². The largest absolute Gasteiger partial charge is 0.457 e. The minimum Gasteiger partial charge on any atom is -0.457 e. The summed E-state index contributed by atoms with van der Waals surface area (Å²) in [5.74, 6) is 1.75. The summed E-state index contributed by atoms with van der Waals surface area (Å²) in [5, 5.41) is 0.645. The Morgan fingerprint density at radius 1 is 0.833 bits per heavy atom. The molecule has 0 N–H and O–H groups in total. The van der Waals surface area contributed by atoms with Gasteiger partial charge in [-0.3, -0.25) is 9.69 Å². The molecular formula is C25H25ClN2O2. The number of para-hydroxylation sites is 1. The summed E-state index contributed by atoms with van der Waals surface area (Å²) in [7, 11) is 0. The van der Waals surface area contributed by atoms with Gasteiger partial charge in [0.25, 0.3) is 5.91 Å². The molecule has 1 fully saturated rings. The van der Waals surface area contributed by atoms with Gasteiger partial charge >= 0.3 is 0 Å². The molecule has 0 saturated carbocycles. The second-order valence-electron chi connectivity index (χ2n) is 7.49. The smallest absolute Gasteiger partial charge is 0.253 e. The standard InChI is InChI=1S/C25H25ClN2O2/c26-22-12-10-21(11-13-22)25(29)28-15-5-14-27(16-17-28)19-20-6-4-9-24(18-20)30-23-7-2-1-3-8-23/h1-4,6-13,18H,5,14-17,19H2. The van der Waals surface area contributed by atoms with E-state index < -0.39 is 0 Å². The molecule has 1 aliphatic rings. The molecule has 1 saturated heterocycles. The number of halogens is 1. The fraction of sp³-hybridized carbons (Fsp3) is 0.240. The van der Waals surface area contributed by atoms with Crippen molar-refractivity contribution in [3.05, 3.63) is 95.0 Å². The summed E-state index contributed by atoms with van der Waals surface area (Å²) in [6.45, 7) is 4.16. The van der Waals surface area contributed by atoms with Crippen molar-refractivity contribution in [1.29, 1.82) is 0 Å². The van der Waals surface area contributed by atoms with Crippen molar-refractivity contribution in [1.82, 2.24) is 9.80 Å². The molecule has 1 amide bonds. The summed E-state index contributed by atoms with van der Waals surface area (Å²) in [5.41, 5.74) is 1.90. The SMILES string of the molecule is O=C(c1ccc(Cl)cc1)N1CCCN(Cc2cccc(Oc3ccccc3)c2)CC1. The number of hydrogen-bond acceptors (Lipinski definition) is 3. The molecule has 3 aromatic carbocycles. The number of carbonyl (C=O) groups excluding carboxylic acids is 1. The molecule has 0 aromatic heterocycles. The predicted molar refractivity (Wildman–Crippen MR) is 120 cm³/mol. The molecule has 4 nitrogen and oxygen atoms in total. The lowest BCUT2D eigenvalue weighted by Crippen LogP contribution is -2.35. The molecular weight excluding hydrogens is 396 g/mol. The van der Waals surface area contributed by atoms with Gasteiger partial charge in [-0.1, -0.05) is 41.9 Å². The Hall–Kier alpha value is -2.82. The Morgan fingerprint density at radius 3 is 2.40 bits per heavy atom. The summed E-state index contributed by atoms with van der Waals surface area (Å²) in [4.78, 5) is 17.1. The van der Waals surface area contributed by atoms with Gasteiger partial charge in [0.2, 0.25) is 0 Å². The van der Waals surface area contributed by atoms with Gasteiger partial charge in [0.05, 0.1) is 0 Å². The second-order valence-corrected chi connectivity index (χ2v) is 7.93. The van der Waals surface area contributed by atoms with Crippen LogP contribution in [0.15, 0.2) is 78.9 Å². The maximum atomic E-state index is 12.8. The van der Waals surface area contributed by atoms with Crippen LogP contribution < -0.4 is 4.74 Å². The number of benzene rings is 3. The zero-order valence-corrected chi connectivity index (χ0v) is 17.6. The first-order valence-electron chi connectivity index (χ1n) is 10.3. The zero-order valence-electron chi connectivity index (χ0n) is 16.8. The molecule has 154 valence electrons. The first-order chi connectivity index (χ1) is 14.7. The number of carbonyl (C=O) groups is 1. The highest BCUT2D eigenvalue weighted by molar-refractivity contribution is 6.30. The van der Waals surface area contributed by atoms with Crippen molar-refractivity contribution in [2.24, 2.45) is 0 Å². The van der Waals surface area contributed by atoms with E-state index in [1.165, 1.54) is 5.56 Å². The number of rotatable bonds is 5. The fourth-order valence-corrected chi connectivity index (χ4v) is 3.82. The highest BCUT2D eigenvalue weighted by atomic mass is 35.5. The Labute approximate surface area is 182 Å². The topological polar surface area (TPSA) is 32.8 Å². The molecule has 1 aliphatic heterocycles. The maximum Gasteiger partial charge on any atom is 0.253 e. The van der Waals surface area contributed by atoms with Crippen molar-refractivity contribution in [2.75, 3.05) is 26.2 Å². The van der Waals surface area contributed by atoms with Gasteiger partial charge in [-0.25, -0.2) is 0 Å². The minimum atomic E-state index is 0.0757. The third-order valence-corrected chi connectivity index (χ3v) is 5.50. The van der Waals surface area contributed by atoms with E-state index in [2.05, 4.69) is 17.0 Å². The van der Waals surface area contributed by atoms with Crippen LogP contribution in [0.5, 0.6) is 11.5 Å². The van der Waals surface area contributed by atoms with Crippen LogP contribution in [-0.4, -0.2) is 41.9 Å². The summed E-state index contributed by atoms with van der Waals surface area (Å²) in [6, 6.07) is 25.2. The van der Waals surface area contributed by atoms with Crippen molar-refractivity contribution in [2.45, 2.75) is 13.0 Å². The lowest BCUT2D eigenvalue weighted by atomic mass is 10.2. The van der Waals surface area contributed by atoms with Crippen LogP contribution >= 0.6 is 11.6 Å². The Kier molecular flexibility index (Phi) is 6.67. The zero-order chi connectivity index (χ0) is 20.8. The van der Waals surface area contributed by atoms with E-state index in [1.54, 1.807) is 24.3 Å². The van der Waals surface area contributed by atoms with E-state index in [4.69, 9.17) is 16.3 Å². The van der Waals surface area contributed by atoms with E-state index in [0.29, 0.717) is 10.6 Å². The third kappa shape index (κ3) is 5.41. The second kappa shape index (κ2) is 9.79. The molecule has 0 radical (unpaired) electrons. The fourth-order valence-electron chi connectivity index (χ4n) is 3.70. The molecule has 3 aromatic rings. The van der Waals surface area contributed by atoms with E-state index in [-0.39, 0.29) is 5.91 Å². The van der Waals surface area contributed by atoms with Gasteiger partial charge in [-0.2, -0.15) is 0 Å². The lowest BCUT2D eigenvalue weighted by molar-refractivity contribution is 0.0761. The number of nitrogens with zero attached hydrogens (tertiary/aromatic N) is 2.